The van der Waals surface area contributed by atoms with Gasteiger partial charge in [0.15, 0.2) is 17.3 Å². The normalized spacial score (nSPS) is 22.5. The van der Waals surface area contributed by atoms with Crippen LogP contribution in [0, 0.1) is 13.8 Å². The number of sulfonamides is 1. The summed E-state index contributed by atoms with van der Waals surface area (Å²) < 4.78 is 33.4. The lowest BCUT2D eigenvalue weighted by molar-refractivity contribution is -0.123. The fourth-order valence-corrected chi connectivity index (χ4v) is 7.31. The summed E-state index contributed by atoms with van der Waals surface area (Å²) >= 11 is 0. The molecule has 2 aromatic rings. The summed E-state index contributed by atoms with van der Waals surface area (Å²) in [5.41, 5.74) is -0.532. The fraction of sp³-hybridized carbons (Fsp3) is 0.367. The number of carbonyl (C=O) groups excluding carboxylic acids is 3. The zero-order valence-corrected chi connectivity index (χ0v) is 24.3. The molecule has 3 N–H and O–H groups in total. The van der Waals surface area contributed by atoms with Crippen molar-refractivity contribution in [3.05, 3.63) is 69.6 Å². The van der Waals surface area contributed by atoms with Crippen LogP contribution in [-0.4, -0.2) is 59.4 Å². The summed E-state index contributed by atoms with van der Waals surface area (Å²) in [6.45, 7) is 8.22. The van der Waals surface area contributed by atoms with E-state index in [1.807, 2.05) is 6.92 Å². The summed E-state index contributed by atoms with van der Waals surface area (Å²) in [7, 11) is -3.64. The minimum absolute atomic E-state index is 0.0254. The fourth-order valence-electron chi connectivity index (χ4n) is 5.84. The van der Waals surface area contributed by atoms with Crippen LogP contribution in [0.1, 0.15) is 60.7 Å². The topological polar surface area (TPSA) is 150 Å². The number of fused-ring (bicyclic) bond motifs is 3. The molecule has 1 atom stereocenters. The molecule has 0 aromatic heterocycles. The Kier molecular flexibility index (Phi) is 6.86. The lowest BCUT2D eigenvalue weighted by Crippen LogP contribution is -2.46. The lowest BCUT2D eigenvalue weighted by Gasteiger charge is -2.33. The molecule has 0 saturated carbocycles. The Labute approximate surface area is 238 Å². The highest BCUT2D eigenvalue weighted by atomic mass is 32.2. The van der Waals surface area contributed by atoms with Gasteiger partial charge in [0, 0.05) is 36.5 Å². The summed E-state index contributed by atoms with van der Waals surface area (Å²) in [6.07, 6.45) is 2.10. The van der Waals surface area contributed by atoms with E-state index >= 15 is 0 Å². The predicted octanol–water partition coefficient (Wildman–Crippen LogP) is 3.32. The van der Waals surface area contributed by atoms with Crippen LogP contribution in [-0.2, 0) is 25.0 Å². The molecule has 41 heavy (non-hydrogen) atoms. The number of nitrogens with one attached hydrogen (secondary N) is 1. The number of carbonyl (C=O) groups is 3. The van der Waals surface area contributed by atoms with E-state index in [0.29, 0.717) is 18.5 Å². The van der Waals surface area contributed by atoms with Gasteiger partial charge in [0.25, 0.3) is 0 Å². The number of aromatic hydroxyl groups is 2. The van der Waals surface area contributed by atoms with Crippen LogP contribution in [0.15, 0.2) is 52.3 Å². The Morgan fingerprint density at radius 1 is 1.05 bits per heavy atom. The van der Waals surface area contributed by atoms with Crippen LogP contribution in [0.2, 0.25) is 0 Å². The number of aryl methyl sites for hydroxylation is 1. The average molecular weight is 581 g/mol. The van der Waals surface area contributed by atoms with Crippen LogP contribution in [0.3, 0.4) is 0 Å². The molecular weight excluding hydrogens is 548 g/mol. The third-order valence-corrected chi connectivity index (χ3v) is 10.2. The Morgan fingerprint density at radius 3 is 2.24 bits per heavy atom. The van der Waals surface area contributed by atoms with Crippen molar-refractivity contribution in [2.45, 2.75) is 63.8 Å². The van der Waals surface area contributed by atoms with Gasteiger partial charge in [-0.05, 0) is 59.6 Å². The van der Waals surface area contributed by atoms with Crippen molar-refractivity contribution >= 4 is 27.4 Å². The van der Waals surface area contributed by atoms with Crippen molar-refractivity contribution in [3.63, 3.8) is 0 Å². The molecule has 0 radical (unpaired) electrons. The molecule has 1 aliphatic carbocycles. The molecule has 1 fully saturated rings. The zero-order chi connectivity index (χ0) is 30.0. The Hall–Kier alpha value is -3.96. The smallest absolute Gasteiger partial charge is 0.243 e. The Balaban J connectivity index is 1.41. The number of Topliss-reactive ketones (excluding diaryl/α,β-unsaturated/α-hetero) is 2. The largest absolute Gasteiger partial charge is 0.507 e. The van der Waals surface area contributed by atoms with Gasteiger partial charge in [-0.1, -0.05) is 17.7 Å². The van der Waals surface area contributed by atoms with Crippen LogP contribution in [0.25, 0.3) is 0 Å². The van der Waals surface area contributed by atoms with Gasteiger partial charge in [0.1, 0.15) is 34.0 Å². The number of nitrogens with zero attached hydrogens (tertiary/aromatic N) is 1. The van der Waals surface area contributed by atoms with E-state index in [1.54, 1.807) is 31.2 Å². The van der Waals surface area contributed by atoms with Crippen molar-refractivity contribution < 1.29 is 37.8 Å². The Bertz CT molecular complexity index is 1680. The van der Waals surface area contributed by atoms with Crippen molar-refractivity contribution in [1.29, 1.82) is 0 Å². The number of phenolic OH excluding ortho intramolecular Hbond substituents is 2. The van der Waals surface area contributed by atoms with Gasteiger partial charge in [-0.2, -0.15) is 4.31 Å². The van der Waals surface area contributed by atoms with Gasteiger partial charge in [-0.3, -0.25) is 14.4 Å². The molecule has 11 heteroatoms. The molecular formula is C30H32N2O8S. The third-order valence-electron chi connectivity index (χ3n) is 8.29. The summed E-state index contributed by atoms with van der Waals surface area (Å²) in [5, 5.41) is 24.7. The van der Waals surface area contributed by atoms with E-state index in [0.717, 1.165) is 5.56 Å². The molecule has 2 heterocycles. The van der Waals surface area contributed by atoms with Crippen LogP contribution in [0.4, 0.5) is 0 Å². The van der Waals surface area contributed by atoms with E-state index in [1.165, 1.54) is 31.2 Å². The van der Waals surface area contributed by atoms with Gasteiger partial charge in [0.2, 0.25) is 10.0 Å². The first kappa shape index (κ1) is 28.6. The van der Waals surface area contributed by atoms with Gasteiger partial charge < -0.3 is 20.3 Å². The van der Waals surface area contributed by atoms with Gasteiger partial charge in [-0.25, -0.2) is 8.42 Å². The maximum atomic E-state index is 14.0. The van der Waals surface area contributed by atoms with E-state index in [2.05, 4.69) is 5.32 Å². The lowest BCUT2D eigenvalue weighted by atomic mass is 9.70. The average Bonchev–Trinajstić information content (AvgIpc) is 3.20. The van der Waals surface area contributed by atoms with Crippen LogP contribution >= 0.6 is 0 Å². The molecule has 2 aliphatic heterocycles. The quantitative estimate of drug-likeness (QED) is 0.275. The number of ketones is 3. The maximum Gasteiger partial charge on any atom is 0.243 e. The van der Waals surface area contributed by atoms with E-state index in [-0.39, 0.29) is 63.5 Å². The zero-order valence-electron chi connectivity index (χ0n) is 23.5. The molecule has 1 saturated heterocycles. The SMILES string of the molecule is CC(=O)c1c(O)c(C)c(O)c2c1OC1=CC(=O)/C(=C(/C)NC3CCN(S(=O)(=O)c4ccc(C)cc4)CC3)C(=O)[C@]12C. The van der Waals surface area contributed by atoms with Gasteiger partial charge >= 0.3 is 0 Å². The van der Waals surface area contributed by atoms with Crippen molar-refractivity contribution in [2.75, 3.05) is 13.1 Å². The van der Waals surface area contributed by atoms with Gasteiger partial charge in [0.05, 0.1) is 16.0 Å². The van der Waals surface area contributed by atoms with Crippen LogP contribution < -0.4 is 10.1 Å². The number of benzene rings is 2. The molecule has 2 aromatic carbocycles. The molecule has 0 spiro atoms. The first-order chi connectivity index (χ1) is 19.2. The summed E-state index contributed by atoms with van der Waals surface area (Å²) in [4.78, 5) is 39.8. The third kappa shape index (κ3) is 4.34. The highest BCUT2D eigenvalue weighted by molar-refractivity contribution is 7.89. The highest BCUT2D eigenvalue weighted by Gasteiger charge is 2.56. The van der Waals surface area contributed by atoms with E-state index in [4.69, 9.17) is 4.74 Å². The van der Waals surface area contributed by atoms with Crippen molar-refractivity contribution in [1.82, 2.24) is 9.62 Å². The number of piperidine rings is 1. The molecule has 0 unspecified atom stereocenters. The molecule has 10 nitrogen and oxygen atoms in total. The van der Waals surface area contributed by atoms with E-state index in [9.17, 15) is 33.0 Å². The van der Waals surface area contributed by atoms with Gasteiger partial charge in [-0.15, -0.1) is 0 Å². The highest BCUT2D eigenvalue weighted by Crippen LogP contribution is 2.57. The number of allylic oxidation sites excluding steroid dienone is 4. The minimum atomic E-state index is -3.64. The minimum Gasteiger partial charge on any atom is -0.507 e. The first-order valence-corrected chi connectivity index (χ1v) is 14.8. The summed E-state index contributed by atoms with van der Waals surface area (Å²) in [5.74, 6) is -2.73. The Morgan fingerprint density at radius 2 is 1.66 bits per heavy atom. The summed E-state index contributed by atoms with van der Waals surface area (Å²) in [6, 6.07) is 6.52. The molecule has 5 rings (SSSR count). The number of hydrogen-bond acceptors (Lipinski definition) is 9. The van der Waals surface area contributed by atoms with Crippen molar-refractivity contribution in [2.24, 2.45) is 0 Å². The monoisotopic (exact) mass is 580 g/mol. The second-order valence-electron chi connectivity index (χ2n) is 11.0. The number of phenols is 2. The molecule has 0 bridgehead atoms. The number of hydrogen-bond donors (Lipinski definition) is 3. The second-order valence-corrected chi connectivity index (χ2v) is 13.0. The molecule has 216 valence electrons. The molecule has 0 amide bonds. The predicted molar refractivity (Wildman–Crippen MR) is 149 cm³/mol. The maximum absolute atomic E-state index is 14.0. The standard InChI is InChI=1S/C30H32N2O8S/c1-15-6-8-20(9-7-15)41(38,39)32-12-10-19(11-13-32)31-17(3)23-21(34)14-22-30(5,29(23)37)25-27(36)16(2)26(35)24(18(4)33)28(25)40-22/h6-9,14,19,31,35-36H,10-13H2,1-5H3/b23-17+/t30-/m1/s1. The van der Waals surface area contributed by atoms with E-state index < -0.39 is 38.5 Å². The first-order valence-electron chi connectivity index (χ1n) is 13.3. The number of rotatable bonds is 5. The number of ether oxygens (including phenoxy) is 1. The van der Waals surface area contributed by atoms with Crippen molar-refractivity contribution in [3.8, 4) is 17.2 Å². The second kappa shape index (κ2) is 9.85. The molecule has 3 aliphatic rings. The van der Waals surface area contributed by atoms with Crippen LogP contribution in [0.5, 0.6) is 17.2 Å².